The SMILES string of the molecule is C[Si](C)(C)CCOCn1cc(Br)nc1C(=O)[O-]. The predicted molar refractivity (Wildman–Crippen MR) is 68.4 cm³/mol. The summed E-state index contributed by atoms with van der Waals surface area (Å²) in [6.07, 6.45) is 1.57. The van der Waals surface area contributed by atoms with E-state index < -0.39 is 14.0 Å². The summed E-state index contributed by atoms with van der Waals surface area (Å²) in [7, 11) is -1.11. The van der Waals surface area contributed by atoms with Crippen molar-refractivity contribution in [1.82, 2.24) is 9.55 Å². The molecule has 0 aliphatic rings. The summed E-state index contributed by atoms with van der Waals surface area (Å²) in [5.74, 6) is -1.42. The highest BCUT2D eigenvalue weighted by atomic mass is 79.9. The number of halogens is 1. The summed E-state index contributed by atoms with van der Waals surface area (Å²) in [6.45, 7) is 7.61. The van der Waals surface area contributed by atoms with Crippen LogP contribution in [0.3, 0.4) is 0 Å². The number of carbonyl (C=O) groups excluding carboxylic acids is 1. The van der Waals surface area contributed by atoms with Gasteiger partial charge in [-0.25, -0.2) is 4.98 Å². The summed E-state index contributed by atoms with van der Waals surface area (Å²) in [5, 5.41) is 10.8. The smallest absolute Gasteiger partial charge is 0.158 e. The van der Waals surface area contributed by atoms with Crippen molar-refractivity contribution in [3.63, 3.8) is 0 Å². The molecule has 0 saturated heterocycles. The fraction of sp³-hybridized carbons (Fsp3) is 0.600. The molecule has 0 aliphatic heterocycles. The molecule has 0 saturated carbocycles. The first kappa shape index (κ1) is 14.4. The van der Waals surface area contributed by atoms with E-state index >= 15 is 0 Å². The molecule has 0 aromatic carbocycles. The second-order valence-electron chi connectivity index (χ2n) is 4.99. The molecule has 1 rings (SSSR count). The third-order valence-corrected chi connectivity index (χ3v) is 4.24. The second kappa shape index (κ2) is 5.79. The van der Waals surface area contributed by atoms with Crippen molar-refractivity contribution in [3.05, 3.63) is 16.6 Å². The van der Waals surface area contributed by atoms with Crippen LogP contribution in [0.5, 0.6) is 0 Å². The molecule has 1 heterocycles. The molecule has 0 radical (unpaired) electrons. The first-order valence-corrected chi connectivity index (χ1v) is 9.81. The Morgan fingerprint density at radius 2 is 2.24 bits per heavy atom. The number of aromatic carboxylic acids is 1. The number of hydrogen-bond donors (Lipinski definition) is 0. The molecular formula is C10H16BrN2O3Si-. The maximum atomic E-state index is 10.8. The zero-order valence-electron chi connectivity index (χ0n) is 10.2. The van der Waals surface area contributed by atoms with Gasteiger partial charge in [-0.3, -0.25) is 0 Å². The summed E-state index contributed by atoms with van der Waals surface area (Å²) in [4.78, 5) is 14.5. The van der Waals surface area contributed by atoms with Crippen LogP contribution in [0, 0.1) is 0 Å². The van der Waals surface area contributed by atoms with E-state index in [9.17, 15) is 9.90 Å². The van der Waals surface area contributed by atoms with Crippen molar-refractivity contribution in [3.8, 4) is 0 Å². The Morgan fingerprint density at radius 1 is 1.59 bits per heavy atom. The van der Waals surface area contributed by atoms with E-state index in [0.717, 1.165) is 6.04 Å². The van der Waals surface area contributed by atoms with E-state index in [1.165, 1.54) is 4.57 Å². The molecule has 0 N–H and O–H groups in total. The minimum absolute atomic E-state index is 0.120. The summed E-state index contributed by atoms with van der Waals surface area (Å²) in [6, 6.07) is 1.05. The average Bonchev–Trinajstić information content (AvgIpc) is 2.53. The molecule has 17 heavy (non-hydrogen) atoms. The number of imidazole rings is 1. The number of ether oxygens (including phenoxy) is 1. The molecule has 0 spiro atoms. The van der Waals surface area contributed by atoms with Crippen LogP contribution in [0.15, 0.2) is 10.8 Å². The van der Waals surface area contributed by atoms with Crippen LogP contribution >= 0.6 is 15.9 Å². The van der Waals surface area contributed by atoms with Gasteiger partial charge in [0, 0.05) is 20.9 Å². The Balaban J connectivity index is 2.49. The Labute approximate surface area is 110 Å². The molecule has 0 bridgehead atoms. The number of hydrogen-bond acceptors (Lipinski definition) is 4. The van der Waals surface area contributed by atoms with E-state index in [-0.39, 0.29) is 12.6 Å². The number of rotatable bonds is 6. The molecule has 5 nitrogen and oxygen atoms in total. The molecule has 0 amide bonds. The van der Waals surface area contributed by atoms with Crippen molar-refractivity contribution < 1.29 is 14.6 Å². The lowest BCUT2D eigenvalue weighted by Crippen LogP contribution is -2.27. The Kier molecular flexibility index (Phi) is 4.90. The maximum Gasteiger partial charge on any atom is 0.158 e. The van der Waals surface area contributed by atoms with Crippen LogP contribution in [0.25, 0.3) is 0 Å². The largest absolute Gasteiger partial charge is 0.542 e. The van der Waals surface area contributed by atoms with Gasteiger partial charge in [-0.1, -0.05) is 19.6 Å². The number of carbonyl (C=O) groups is 1. The lowest BCUT2D eigenvalue weighted by Gasteiger charge is -2.16. The molecule has 0 atom stereocenters. The van der Waals surface area contributed by atoms with Gasteiger partial charge in [0.25, 0.3) is 0 Å². The Morgan fingerprint density at radius 3 is 2.76 bits per heavy atom. The normalized spacial score (nSPS) is 11.8. The zero-order chi connectivity index (χ0) is 13.1. The van der Waals surface area contributed by atoms with E-state index in [4.69, 9.17) is 4.74 Å². The maximum absolute atomic E-state index is 10.8. The molecule has 0 aliphatic carbocycles. The first-order chi connectivity index (χ1) is 7.79. The number of nitrogens with zero attached hydrogens (tertiary/aromatic N) is 2. The highest BCUT2D eigenvalue weighted by molar-refractivity contribution is 9.10. The van der Waals surface area contributed by atoms with E-state index in [0.29, 0.717) is 11.2 Å². The van der Waals surface area contributed by atoms with Crippen molar-refractivity contribution in [1.29, 1.82) is 0 Å². The topological polar surface area (TPSA) is 67.2 Å². The van der Waals surface area contributed by atoms with Gasteiger partial charge in [0.05, 0.1) is 0 Å². The fourth-order valence-electron chi connectivity index (χ4n) is 1.19. The van der Waals surface area contributed by atoms with E-state index in [2.05, 4.69) is 40.6 Å². The van der Waals surface area contributed by atoms with Crippen LogP contribution in [0.4, 0.5) is 0 Å². The third-order valence-electron chi connectivity index (χ3n) is 2.16. The quantitative estimate of drug-likeness (QED) is 0.586. The molecule has 0 fully saturated rings. The molecule has 7 heteroatoms. The van der Waals surface area contributed by atoms with Crippen molar-refractivity contribution in [2.75, 3.05) is 6.61 Å². The fourth-order valence-corrected chi connectivity index (χ4v) is 2.36. The van der Waals surface area contributed by atoms with Gasteiger partial charge < -0.3 is 19.2 Å². The molecular weight excluding hydrogens is 304 g/mol. The second-order valence-corrected chi connectivity index (χ2v) is 11.4. The van der Waals surface area contributed by atoms with Crippen molar-refractivity contribution in [2.45, 2.75) is 32.4 Å². The average molecular weight is 320 g/mol. The molecule has 0 unspecified atom stereocenters. The van der Waals surface area contributed by atoms with Gasteiger partial charge in [0.1, 0.15) is 17.3 Å². The zero-order valence-corrected chi connectivity index (χ0v) is 12.8. The van der Waals surface area contributed by atoms with Crippen LogP contribution < -0.4 is 5.11 Å². The highest BCUT2D eigenvalue weighted by Crippen LogP contribution is 2.11. The summed E-state index contributed by atoms with van der Waals surface area (Å²) < 4.78 is 7.33. The van der Waals surface area contributed by atoms with Gasteiger partial charge >= 0.3 is 0 Å². The lowest BCUT2D eigenvalue weighted by atomic mass is 10.6. The van der Waals surface area contributed by atoms with Gasteiger partial charge in [-0.2, -0.15) is 0 Å². The summed E-state index contributed by atoms with van der Waals surface area (Å²) in [5.41, 5.74) is 0. The van der Waals surface area contributed by atoms with Gasteiger partial charge in [-0.05, 0) is 22.0 Å². The Bertz CT molecular complexity index is 401. The predicted octanol–water partition coefficient (Wildman–Crippen LogP) is 1.32. The minimum atomic E-state index is -1.30. The van der Waals surface area contributed by atoms with E-state index in [1.54, 1.807) is 6.20 Å². The summed E-state index contributed by atoms with van der Waals surface area (Å²) >= 11 is 3.12. The van der Waals surface area contributed by atoms with Crippen molar-refractivity contribution >= 4 is 30.0 Å². The molecule has 1 aromatic rings. The van der Waals surface area contributed by atoms with E-state index in [1.807, 2.05) is 0 Å². The lowest BCUT2D eigenvalue weighted by molar-refractivity contribution is -0.256. The minimum Gasteiger partial charge on any atom is -0.542 e. The number of carboxylic acids is 1. The van der Waals surface area contributed by atoms with Crippen molar-refractivity contribution in [2.24, 2.45) is 0 Å². The van der Waals surface area contributed by atoms with Crippen LogP contribution in [0.1, 0.15) is 10.6 Å². The third kappa shape index (κ3) is 5.01. The first-order valence-electron chi connectivity index (χ1n) is 5.31. The molecule has 1 aromatic heterocycles. The van der Waals surface area contributed by atoms with Crippen LogP contribution in [-0.4, -0.2) is 30.2 Å². The van der Waals surface area contributed by atoms with Gasteiger partial charge in [-0.15, -0.1) is 0 Å². The molecule has 96 valence electrons. The highest BCUT2D eigenvalue weighted by Gasteiger charge is 2.12. The monoisotopic (exact) mass is 319 g/mol. The standard InChI is InChI=1S/C10H17BrN2O3Si/c1-17(2,3)5-4-16-7-13-6-8(11)12-9(13)10(14)15/h6H,4-5,7H2,1-3H3,(H,14,15)/p-1. The van der Waals surface area contributed by atoms with Crippen LogP contribution in [-0.2, 0) is 11.5 Å². The number of carboxylic acid groups (broad SMARTS) is 1. The van der Waals surface area contributed by atoms with Gasteiger partial charge in [0.15, 0.2) is 5.82 Å². The Hall–Kier alpha value is -0.663. The van der Waals surface area contributed by atoms with Crippen LogP contribution in [0.2, 0.25) is 25.7 Å². The number of aromatic nitrogens is 2. The van der Waals surface area contributed by atoms with Gasteiger partial charge in [0.2, 0.25) is 0 Å².